The highest BCUT2D eigenvalue weighted by molar-refractivity contribution is 6.31. The van der Waals surface area contributed by atoms with Gasteiger partial charge in [0.2, 0.25) is 0 Å². The molecule has 2 aliphatic rings. The monoisotopic (exact) mass is 277 g/mol. The van der Waals surface area contributed by atoms with Crippen molar-refractivity contribution in [2.45, 2.75) is 57.9 Å². The van der Waals surface area contributed by atoms with Crippen LogP contribution in [0.4, 0.5) is 5.69 Å². The molecule has 104 valence electrons. The van der Waals surface area contributed by atoms with Crippen LogP contribution < -0.4 is 5.32 Å². The molecule has 1 aromatic carbocycles. The topological polar surface area (TPSA) is 12.0 Å². The van der Waals surface area contributed by atoms with Gasteiger partial charge in [0.25, 0.3) is 0 Å². The zero-order valence-corrected chi connectivity index (χ0v) is 12.5. The Kier molecular flexibility index (Phi) is 4.02. The van der Waals surface area contributed by atoms with E-state index in [0.29, 0.717) is 6.04 Å². The van der Waals surface area contributed by atoms with Gasteiger partial charge in [0.15, 0.2) is 0 Å². The van der Waals surface area contributed by atoms with Crippen LogP contribution in [0.2, 0.25) is 5.02 Å². The molecule has 0 aliphatic heterocycles. The highest BCUT2D eigenvalue weighted by atomic mass is 35.5. The zero-order chi connectivity index (χ0) is 13.2. The molecule has 0 aromatic heterocycles. The van der Waals surface area contributed by atoms with E-state index in [9.17, 15) is 0 Å². The molecular formula is C17H24ClN. The van der Waals surface area contributed by atoms with Crippen LogP contribution in [-0.4, -0.2) is 6.04 Å². The lowest BCUT2D eigenvalue weighted by Crippen LogP contribution is -2.34. The highest BCUT2D eigenvalue weighted by Crippen LogP contribution is 2.41. The van der Waals surface area contributed by atoms with Crippen LogP contribution in [0, 0.1) is 18.8 Å². The molecular weight excluding hydrogens is 254 g/mol. The molecule has 1 N–H and O–H groups in total. The summed E-state index contributed by atoms with van der Waals surface area (Å²) in [6.45, 7) is 2.05. The fourth-order valence-corrected chi connectivity index (χ4v) is 4.10. The number of rotatable bonds is 2. The Labute approximate surface area is 121 Å². The Bertz CT molecular complexity index is 443. The first-order chi connectivity index (χ1) is 9.22. The van der Waals surface area contributed by atoms with Crippen molar-refractivity contribution in [2.24, 2.45) is 11.8 Å². The van der Waals surface area contributed by atoms with Crippen molar-refractivity contribution in [1.82, 2.24) is 0 Å². The molecule has 0 saturated heterocycles. The fourth-order valence-electron chi connectivity index (χ4n) is 3.92. The lowest BCUT2D eigenvalue weighted by molar-refractivity contribution is 0.162. The first-order valence-corrected chi connectivity index (χ1v) is 8.13. The standard InChI is InChI=1S/C17H24ClN/c1-12-6-8-16(11-17(12)18)19-15-9-7-13-4-2-3-5-14(13)10-15/h6,8,11,13-15,19H,2-5,7,9-10H2,1H3. The van der Waals surface area contributed by atoms with E-state index in [1.165, 1.54) is 50.6 Å². The van der Waals surface area contributed by atoms with Crippen molar-refractivity contribution >= 4 is 17.3 Å². The van der Waals surface area contributed by atoms with Crippen molar-refractivity contribution in [3.8, 4) is 0 Å². The van der Waals surface area contributed by atoms with Crippen LogP contribution in [0.25, 0.3) is 0 Å². The summed E-state index contributed by atoms with van der Waals surface area (Å²) in [4.78, 5) is 0. The Balaban J connectivity index is 1.62. The average Bonchev–Trinajstić information content (AvgIpc) is 2.43. The number of fused-ring (bicyclic) bond motifs is 1. The molecule has 3 atom stereocenters. The van der Waals surface area contributed by atoms with Crippen molar-refractivity contribution in [3.05, 3.63) is 28.8 Å². The Morgan fingerprint density at radius 1 is 1.05 bits per heavy atom. The Morgan fingerprint density at radius 3 is 2.63 bits per heavy atom. The Hall–Kier alpha value is -0.690. The van der Waals surface area contributed by atoms with Crippen LogP contribution >= 0.6 is 11.6 Å². The molecule has 2 fully saturated rings. The number of hydrogen-bond donors (Lipinski definition) is 1. The molecule has 2 saturated carbocycles. The minimum atomic E-state index is 0.651. The zero-order valence-electron chi connectivity index (χ0n) is 11.8. The van der Waals surface area contributed by atoms with Gasteiger partial charge in [0, 0.05) is 16.8 Å². The van der Waals surface area contributed by atoms with Crippen molar-refractivity contribution in [1.29, 1.82) is 0 Å². The summed E-state index contributed by atoms with van der Waals surface area (Å²) in [5.41, 5.74) is 2.35. The van der Waals surface area contributed by atoms with Gasteiger partial charge in [-0.15, -0.1) is 0 Å². The number of aryl methyl sites for hydroxylation is 1. The SMILES string of the molecule is Cc1ccc(NC2CCC3CCCCC3C2)cc1Cl. The Morgan fingerprint density at radius 2 is 1.84 bits per heavy atom. The molecule has 0 amide bonds. The number of benzene rings is 1. The van der Waals surface area contributed by atoms with E-state index in [1.807, 2.05) is 0 Å². The average molecular weight is 278 g/mol. The predicted molar refractivity (Wildman–Crippen MR) is 82.9 cm³/mol. The molecule has 1 nitrogen and oxygen atoms in total. The molecule has 0 radical (unpaired) electrons. The first kappa shape index (κ1) is 13.3. The van der Waals surface area contributed by atoms with Crippen molar-refractivity contribution in [3.63, 3.8) is 0 Å². The first-order valence-electron chi connectivity index (χ1n) is 7.75. The minimum absolute atomic E-state index is 0.651. The molecule has 19 heavy (non-hydrogen) atoms. The maximum atomic E-state index is 6.20. The molecule has 0 bridgehead atoms. The van der Waals surface area contributed by atoms with E-state index in [2.05, 4.69) is 30.4 Å². The third-order valence-corrected chi connectivity index (χ3v) is 5.49. The number of halogens is 1. The maximum Gasteiger partial charge on any atom is 0.0455 e. The highest BCUT2D eigenvalue weighted by Gasteiger charge is 2.31. The molecule has 0 spiro atoms. The second kappa shape index (κ2) is 5.75. The smallest absolute Gasteiger partial charge is 0.0455 e. The molecule has 0 heterocycles. The molecule has 1 aromatic rings. The van der Waals surface area contributed by atoms with Gasteiger partial charge in [-0.3, -0.25) is 0 Å². The largest absolute Gasteiger partial charge is 0.382 e. The van der Waals surface area contributed by atoms with Gasteiger partial charge < -0.3 is 5.32 Å². The minimum Gasteiger partial charge on any atom is -0.382 e. The van der Waals surface area contributed by atoms with Gasteiger partial charge in [-0.05, 0) is 55.7 Å². The lowest BCUT2D eigenvalue weighted by Gasteiger charge is -2.39. The summed E-state index contributed by atoms with van der Waals surface area (Å²) in [6.07, 6.45) is 9.95. The second-order valence-corrected chi connectivity index (χ2v) is 6.83. The van der Waals surface area contributed by atoms with E-state index in [-0.39, 0.29) is 0 Å². The van der Waals surface area contributed by atoms with Crippen LogP contribution in [0.3, 0.4) is 0 Å². The van der Waals surface area contributed by atoms with Gasteiger partial charge in [-0.25, -0.2) is 0 Å². The van der Waals surface area contributed by atoms with Gasteiger partial charge in [-0.1, -0.05) is 43.4 Å². The van der Waals surface area contributed by atoms with Gasteiger partial charge in [-0.2, -0.15) is 0 Å². The summed E-state index contributed by atoms with van der Waals surface area (Å²) in [6, 6.07) is 6.99. The van der Waals surface area contributed by atoms with Gasteiger partial charge in [0.05, 0.1) is 0 Å². The van der Waals surface area contributed by atoms with E-state index in [4.69, 9.17) is 11.6 Å². The van der Waals surface area contributed by atoms with Crippen LogP contribution in [0.15, 0.2) is 18.2 Å². The number of hydrogen-bond acceptors (Lipinski definition) is 1. The summed E-state index contributed by atoms with van der Waals surface area (Å²) >= 11 is 6.20. The lowest BCUT2D eigenvalue weighted by atomic mass is 9.69. The summed E-state index contributed by atoms with van der Waals surface area (Å²) in [7, 11) is 0. The van der Waals surface area contributed by atoms with E-state index < -0.39 is 0 Å². The third kappa shape index (κ3) is 3.08. The quantitative estimate of drug-likeness (QED) is 0.761. The van der Waals surface area contributed by atoms with Crippen LogP contribution in [0.1, 0.15) is 50.5 Å². The van der Waals surface area contributed by atoms with E-state index in [0.717, 1.165) is 22.4 Å². The summed E-state index contributed by atoms with van der Waals surface area (Å²) < 4.78 is 0. The van der Waals surface area contributed by atoms with E-state index in [1.54, 1.807) is 0 Å². The number of anilines is 1. The number of nitrogens with one attached hydrogen (secondary N) is 1. The second-order valence-electron chi connectivity index (χ2n) is 6.42. The predicted octanol–water partition coefficient (Wildman–Crippen LogP) is 5.42. The molecule has 2 aliphatic carbocycles. The fraction of sp³-hybridized carbons (Fsp3) is 0.647. The van der Waals surface area contributed by atoms with Crippen molar-refractivity contribution in [2.75, 3.05) is 5.32 Å². The van der Waals surface area contributed by atoms with Gasteiger partial charge in [0.1, 0.15) is 0 Å². The van der Waals surface area contributed by atoms with E-state index >= 15 is 0 Å². The van der Waals surface area contributed by atoms with Crippen LogP contribution in [0.5, 0.6) is 0 Å². The molecule has 3 unspecified atom stereocenters. The third-order valence-electron chi connectivity index (χ3n) is 5.08. The normalized spacial score (nSPS) is 30.7. The maximum absolute atomic E-state index is 6.20. The van der Waals surface area contributed by atoms with Crippen molar-refractivity contribution < 1.29 is 0 Å². The van der Waals surface area contributed by atoms with Crippen LogP contribution in [-0.2, 0) is 0 Å². The summed E-state index contributed by atoms with van der Waals surface area (Å²) in [5.74, 6) is 1.99. The van der Waals surface area contributed by atoms with Gasteiger partial charge >= 0.3 is 0 Å². The molecule has 3 rings (SSSR count). The summed E-state index contributed by atoms with van der Waals surface area (Å²) in [5, 5.41) is 4.57. The molecule has 2 heteroatoms.